The first-order valence-corrected chi connectivity index (χ1v) is 9.93. The molecule has 0 N–H and O–H groups in total. The van der Waals surface area contributed by atoms with Crippen LogP contribution < -0.4 is 10.5 Å². The van der Waals surface area contributed by atoms with Crippen molar-refractivity contribution in [2.45, 2.75) is 0 Å². The minimum absolute atomic E-state index is 0.0135. The number of aromatic nitrogens is 2. The molecule has 1 aromatic heterocycles. The van der Waals surface area contributed by atoms with Crippen molar-refractivity contribution in [2.24, 2.45) is 0 Å². The minimum atomic E-state index is -0.215. The van der Waals surface area contributed by atoms with Gasteiger partial charge in [0.2, 0.25) is 0 Å². The lowest BCUT2D eigenvalue weighted by Crippen LogP contribution is -2.49. The zero-order valence-corrected chi connectivity index (χ0v) is 17.0. The van der Waals surface area contributed by atoms with Crippen LogP contribution in [0.5, 0.6) is 0 Å². The van der Waals surface area contributed by atoms with E-state index in [9.17, 15) is 9.59 Å². The Balaban J connectivity index is 1.48. The highest BCUT2D eigenvalue weighted by atomic mass is 35.5. The lowest BCUT2D eigenvalue weighted by molar-refractivity contribution is 0.0746. The van der Waals surface area contributed by atoms with Gasteiger partial charge in [0.25, 0.3) is 11.5 Å². The van der Waals surface area contributed by atoms with Crippen LogP contribution in [0.3, 0.4) is 0 Å². The van der Waals surface area contributed by atoms with Gasteiger partial charge in [0.05, 0.1) is 5.69 Å². The summed E-state index contributed by atoms with van der Waals surface area (Å²) in [5.74, 6) is 0.679. The first-order chi connectivity index (χ1) is 14.0. The van der Waals surface area contributed by atoms with Gasteiger partial charge in [-0.05, 0) is 54.6 Å². The van der Waals surface area contributed by atoms with Gasteiger partial charge in [-0.15, -0.1) is 5.10 Å². The van der Waals surface area contributed by atoms with Gasteiger partial charge in [0, 0.05) is 47.9 Å². The van der Waals surface area contributed by atoms with Crippen molar-refractivity contribution in [1.29, 1.82) is 0 Å². The monoisotopic (exact) mass is 428 g/mol. The van der Waals surface area contributed by atoms with Gasteiger partial charge in [-0.25, -0.2) is 0 Å². The lowest BCUT2D eigenvalue weighted by atomic mass is 10.2. The van der Waals surface area contributed by atoms with Crippen LogP contribution >= 0.6 is 23.2 Å². The van der Waals surface area contributed by atoms with E-state index in [-0.39, 0.29) is 11.5 Å². The van der Waals surface area contributed by atoms with Gasteiger partial charge in [-0.3, -0.25) is 9.59 Å². The fraction of sp³-hybridized carbons (Fsp3) is 0.190. The van der Waals surface area contributed by atoms with E-state index < -0.39 is 0 Å². The zero-order chi connectivity index (χ0) is 20.4. The predicted octanol–water partition coefficient (Wildman–Crippen LogP) is 3.50. The number of piperazine rings is 1. The van der Waals surface area contributed by atoms with Crippen LogP contribution in [0, 0.1) is 0 Å². The van der Waals surface area contributed by atoms with E-state index in [0.29, 0.717) is 53.3 Å². The van der Waals surface area contributed by atoms with E-state index in [2.05, 4.69) is 10.00 Å². The van der Waals surface area contributed by atoms with Crippen molar-refractivity contribution in [2.75, 3.05) is 31.1 Å². The quantitative estimate of drug-likeness (QED) is 0.640. The molecule has 1 fully saturated rings. The molecule has 0 unspecified atom stereocenters. The van der Waals surface area contributed by atoms with Crippen molar-refractivity contribution in [1.82, 2.24) is 14.7 Å². The Hall–Kier alpha value is -2.83. The molecule has 1 aliphatic rings. The second-order valence-electron chi connectivity index (χ2n) is 6.70. The summed E-state index contributed by atoms with van der Waals surface area (Å²) in [6.45, 7) is 2.41. The number of halogens is 2. The maximum Gasteiger partial charge on any atom is 0.271 e. The molecule has 0 aliphatic carbocycles. The standard InChI is InChI=1S/C21H18Cl2N4O2/c22-16-3-1-15(2-4-16)21(29)26-13-11-25(12-14-26)19-9-10-20(28)27(24-19)18-7-5-17(23)6-8-18/h1-10H,11-14H2. The third-order valence-corrected chi connectivity index (χ3v) is 5.34. The molecular formula is C21H18Cl2N4O2. The van der Waals surface area contributed by atoms with Crippen molar-refractivity contribution in [3.63, 3.8) is 0 Å². The summed E-state index contributed by atoms with van der Waals surface area (Å²) in [6.07, 6.45) is 0. The molecule has 0 spiro atoms. The van der Waals surface area contributed by atoms with Crippen LogP contribution in [-0.2, 0) is 0 Å². The highest BCUT2D eigenvalue weighted by Gasteiger charge is 2.23. The Labute approximate surface area is 177 Å². The highest BCUT2D eigenvalue weighted by molar-refractivity contribution is 6.30. The minimum Gasteiger partial charge on any atom is -0.352 e. The Kier molecular flexibility index (Phi) is 5.56. The number of benzene rings is 2. The van der Waals surface area contributed by atoms with Crippen LogP contribution in [-0.4, -0.2) is 46.8 Å². The third-order valence-electron chi connectivity index (χ3n) is 4.84. The second kappa shape index (κ2) is 8.27. The molecule has 29 heavy (non-hydrogen) atoms. The molecule has 1 amide bonds. The van der Waals surface area contributed by atoms with Crippen LogP contribution in [0.15, 0.2) is 65.5 Å². The van der Waals surface area contributed by atoms with Crippen molar-refractivity contribution in [3.8, 4) is 5.69 Å². The molecule has 148 valence electrons. The molecule has 0 saturated carbocycles. The summed E-state index contributed by atoms with van der Waals surface area (Å²) < 4.78 is 1.36. The Morgan fingerprint density at radius 3 is 2.00 bits per heavy atom. The fourth-order valence-corrected chi connectivity index (χ4v) is 3.50. The maximum atomic E-state index is 12.7. The molecule has 3 aromatic rings. The van der Waals surface area contributed by atoms with E-state index in [1.165, 1.54) is 10.7 Å². The van der Waals surface area contributed by atoms with Gasteiger partial charge >= 0.3 is 0 Å². The molecule has 1 saturated heterocycles. The predicted molar refractivity (Wildman–Crippen MR) is 114 cm³/mol. The zero-order valence-electron chi connectivity index (χ0n) is 15.5. The van der Waals surface area contributed by atoms with E-state index in [1.54, 1.807) is 54.6 Å². The van der Waals surface area contributed by atoms with Crippen molar-refractivity contribution in [3.05, 3.63) is 86.6 Å². The lowest BCUT2D eigenvalue weighted by Gasteiger charge is -2.35. The number of carbonyl (C=O) groups excluding carboxylic acids is 1. The Morgan fingerprint density at radius 1 is 0.793 bits per heavy atom. The molecule has 8 heteroatoms. The average molecular weight is 429 g/mol. The summed E-state index contributed by atoms with van der Waals surface area (Å²) in [5.41, 5.74) is 1.06. The normalized spacial score (nSPS) is 14.1. The molecular weight excluding hydrogens is 411 g/mol. The number of hydrogen-bond donors (Lipinski definition) is 0. The van der Waals surface area contributed by atoms with E-state index >= 15 is 0 Å². The molecule has 2 aromatic carbocycles. The fourth-order valence-electron chi connectivity index (χ4n) is 3.25. The number of hydrogen-bond acceptors (Lipinski definition) is 4. The number of amides is 1. The summed E-state index contributed by atoms with van der Waals surface area (Å²) in [7, 11) is 0. The van der Waals surface area contributed by atoms with E-state index in [0.717, 1.165) is 0 Å². The van der Waals surface area contributed by atoms with Gasteiger partial charge in [-0.2, -0.15) is 4.68 Å². The summed E-state index contributed by atoms with van der Waals surface area (Å²) in [5, 5.41) is 5.70. The SMILES string of the molecule is O=C(c1ccc(Cl)cc1)N1CCN(c2ccc(=O)n(-c3ccc(Cl)cc3)n2)CC1. The topological polar surface area (TPSA) is 58.4 Å². The van der Waals surface area contributed by atoms with Gasteiger partial charge in [0.15, 0.2) is 0 Å². The Morgan fingerprint density at radius 2 is 1.38 bits per heavy atom. The second-order valence-corrected chi connectivity index (χ2v) is 7.58. The molecule has 1 aliphatic heterocycles. The van der Waals surface area contributed by atoms with Gasteiger partial charge in [-0.1, -0.05) is 23.2 Å². The number of rotatable bonds is 3. The van der Waals surface area contributed by atoms with Gasteiger partial charge in [0.1, 0.15) is 5.82 Å². The van der Waals surface area contributed by atoms with Gasteiger partial charge < -0.3 is 9.80 Å². The molecule has 2 heterocycles. The number of carbonyl (C=O) groups is 1. The smallest absolute Gasteiger partial charge is 0.271 e. The van der Waals surface area contributed by atoms with Crippen LogP contribution in [0.25, 0.3) is 5.69 Å². The molecule has 6 nitrogen and oxygen atoms in total. The van der Waals surface area contributed by atoms with Crippen molar-refractivity contribution >= 4 is 34.9 Å². The summed E-state index contributed by atoms with van der Waals surface area (Å²) in [6, 6.07) is 17.1. The Bertz CT molecular complexity index is 1070. The number of anilines is 1. The third kappa shape index (κ3) is 4.28. The first kappa shape index (κ1) is 19.5. The highest BCUT2D eigenvalue weighted by Crippen LogP contribution is 2.17. The van der Waals surface area contributed by atoms with Crippen LogP contribution in [0.2, 0.25) is 10.0 Å². The van der Waals surface area contributed by atoms with E-state index in [4.69, 9.17) is 23.2 Å². The molecule has 0 bridgehead atoms. The number of nitrogens with zero attached hydrogens (tertiary/aromatic N) is 4. The van der Waals surface area contributed by atoms with E-state index in [1.807, 2.05) is 4.90 Å². The molecule has 0 atom stereocenters. The molecule has 4 rings (SSSR count). The van der Waals surface area contributed by atoms with Crippen LogP contribution in [0.1, 0.15) is 10.4 Å². The summed E-state index contributed by atoms with van der Waals surface area (Å²) in [4.78, 5) is 28.8. The summed E-state index contributed by atoms with van der Waals surface area (Å²) >= 11 is 11.8. The largest absolute Gasteiger partial charge is 0.352 e. The maximum absolute atomic E-state index is 12.7. The average Bonchev–Trinajstić information content (AvgIpc) is 2.75. The first-order valence-electron chi connectivity index (χ1n) is 9.17. The molecule has 0 radical (unpaired) electrons. The van der Waals surface area contributed by atoms with Crippen molar-refractivity contribution < 1.29 is 4.79 Å². The van der Waals surface area contributed by atoms with Crippen LogP contribution in [0.4, 0.5) is 5.82 Å².